The summed E-state index contributed by atoms with van der Waals surface area (Å²) < 4.78 is 0. The molecule has 0 saturated carbocycles. The number of aliphatic hydroxyl groups is 2. The second-order valence-electron chi connectivity index (χ2n) is 4.28. The topological polar surface area (TPSA) is 60.8 Å². The van der Waals surface area contributed by atoms with E-state index >= 15 is 0 Å². The van der Waals surface area contributed by atoms with Gasteiger partial charge < -0.3 is 15.1 Å². The predicted molar refractivity (Wildman–Crippen MR) is 57.3 cm³/mol. The van der Waals surface area contributed by atoms with E-state index in [0.29, 0.717) is 18.9 Å². The van der Waals surface area contributed by atoms with Crippen molar-refractivity contribution in [2.24, 2.45) is 5.92 Å². The molecule has 1 rings (SSSR count). The Morgan fingerprint density at radius 1 is 1.53 bits per heavy atom. The molecule has 2 N–H and O–H groups in total. The first-order chi connectivity index (χ1) is 7.17. The number of carbonyl (C=O) groups excluding carboxylic acids is 1. The van der Waals surface area contributed by atoms with E-state index < -0.39 is 6.10 Å². The third-order valence-electron chi connectivity index (χ3n) is 3.15. The van der Waals surface area contributed by atoms with Crippen LogP contribution in [0.2, 0.25) is 0 Å². The Balaban J connectivity index is 2.46. The van der Waals surface area contributed by atoms with Crippen molar-refractivity contribution in [1.29, 1.82) is 0 Å². The minimum Gasteiger partial charge on any atom is -0.394 e. The highest BCUT2D eigenvalue weighted by atomic mass is 16.3. The first-order valence-electron chi connectivity index (χ1n) is 5.74. The van der Waals surface area contributed by atoms with Crippen molar-refractivity contribution in [3.63, 3.8) is 0 Å². The minimum atomic E-state index is -0.799. The Morgan fingerprint density at radius 2 is 2.27 bits per heavy atom. The largest absolute Gasteiger partial charge is 0.394 e. The maximum Gasteiger partial charge on any atom is 0.222 e. The van der Waals surface area contributed by atoms with Crippen molar-refractivity contribution >= 4 is 5.91 Å². The van der Waals surface area contributed by atoms with Crippen LogP contribution in [0.3, 0.4) is 0 Å². The lowest BCUT2D eigenvalue weighted by atomic mass is 9.98. The molecule has 15 heavy (non-hydrogen) atoms. The summed E-state index contributed by atoms with van der Waals surface area (Å²) in [6.45, 7) is 2.86. The summed E-state index contributed by atoms with van der Waals surface area (Å²) in [5.41, 5.74) is 0. The fourth-order valence-electron chi connectivity index (χ4n) is 2.01. The van der Waals surface area contributed by atoms with Gasteiger partial charge in [0.05, 0.1) is 12.7 Å². The van der Waals surface area contributed by atoms with Gasteiger partial charge in [-0.2, -0.15) is 0 Å². The van der Waals surface area contributed by atoms with Crippen molar-refractivity contribution < 1.29 is 15.0 Å². The van der Waals surface area contributed by atoms with Crippen LogP contribution in [0.15, 0.2) is 0 Å². The lowest BCUT2D eigenvalue weighted by Gasteiger charge is -2.22. The number of likely N-dealkylation sites (tertiary alicyclic amines) is 1. The molecule has 2 atom stereocenters. The third-order valence-corrected chi connectivity index (χ3v) is 3.15. The Kier molecular flexibility index (Phi) is 5.05. The number of carbonyl (C=O) groups is 1. The number of β-amino-alcohol motifs (C(OH)–C–C–N with tert-alkyl or cyclic N) is 1. The summed E-state index contributed by atoms with van der Waals surface area (Å²) in [6, 6.07) is 0. The Morgan fingerprint density at radius 3 is 2.87 bits per heavy atom. The van der Waals surface area contributed by atoms with E-state index in [0.717, 1.165) is 19.3 Å². The molecule has 88 valence electrons. The quantitative estimate of drug-likeness (QED) is 0.712. The van der Waals surface area contributed by atoms with Gasteiger partial charge in [-0.15, -0.1) is 0 Å². The van der Waals surface area contributed by atoms with Crippen LogP contribution in [-0.2, 0) is 4.79 Å². The van der Waals surface area contributed by atoms with E-state index in [2.05, 4.69) is 6.92 Å². The second kappa shape index (κ2) is 6.08. The highest BCUT2D eigenvalue weighted by molar-refractivity contribution is 5.76. The van der Waals surface area contributed by atoms with E-state index in [1.165, 1.54) is 0 Å². The molecule has 1 heterocycles. The van der Waals surface area contributed by atoms with Crippen LogP contribution in [0.1, 0.15) is 32.6 Å². The smallest absolute Gasteiger partial charge is 0.222 e. The molecule has 0 bridgehead atoms. The van der Waals surface area contributed by atoms with Crippen LogP contribution >= 0.6 is 0 Å². The molecule has 1 aliphatic rings. The van der Waals surface area contributed by atoms with Gasteiger partial charge in [0.2, 0.25) is 5.91 Å². The summed E-state index contributed by atoms with van der Waals surface area (Å²) in [7, 11) is 0. The summed E-state index contributed by atoms with van der Waals surface area (Å²) in [5.74, 6) is 0.740. The monoisotopic (exact) mass is 215 g/mol. The maximum atomic E-state index is 11.7. The molecule has 0 aromatic heterocycles. The first kappa shape index (κ1) is 12.5. The average molecular weight is 215 g/mol. The maximum absolute atomic E-state index is 11.7. The van der Waals surface area contributed by atoms with E-state index in [1.54, 1.807) is 4.90 Å². The molecule has 1 amide bonds. The predicted octanol–water partition coefficient (Wildman–Crippen LogP) is 0.378. The van der Waals surface area contributed by atoms with E-state index in [1.807, 2.05) is 0 Å². The minimum absolute atomic E-state index is 0.110. The molecule has 4 nitrogen and oxygen atoms in total. The van der Waals surface area contributed by atoms with Gasteiger partial charge in [-0.3, -0.25) is 4.79 Å². The van der Waals surface area contributed by atoms with Crippen molar-refractivity contribution in [2.45, 2.75) is 38.7 Å². The standard InChI is InChI=1S/C11H21NO3/c1-2-9-3-4-11(15)12(6-5-9)7-10(14)8-13/h9-10,13-14H,2-8H2,1H3. The Hall–Kier alpha value is -0.610. The van der Waals surface area contributed by atoms with Gasteiger partial charge in [0.25, 0.3) is 0 Å². The van der Waals surface area contributed by atoms with Crippen molar-refractivity contribution in [1.82, 2.24) is 4.90 Å². The second-order valence-corrected chi connectivity index (χ2v) is 4.28. The number of hydrogen-bond acceptors (Lipinski definition) is 3. The van der Waals surface area contributed by atoms with Gasteiger partial charge >= 0.3 is 0 Å². The number of hydrogen-bond donors (Lipinski definition) is 2. The van der Waals surface area contributed by atoms with E-state index in [-0.39, 0.29) is 19.1 Å². The molecule has 0 aromatic carbocycles. The van der Waals surface area contributed by atoms with E-state index in [9.17, 15) is 9.90 Å². The molecule has 0 radical (unpaired) electrons. The third kappa shape index (κ3) is 3.80. The Labute approximate surface area is 90.9 Å². The zero-order valence-electron chi connectivity index (χ0n) is 9.35. The molecule has 4 heteroatoms. The molecular weight excluding hydrogens is 194 g/mol. The molecule has 1 aliphatic heterocycles. The van der Waals surface area contributed by atoms with Gasteiger partial charge in [-0.1, -0.05) is 13.3 Å². The fourth-order valence-corrected chi connectivity index (χ4v) is 2.01. The average Bonchev–Trinajstić information content (AvgIpc) is 2.42. The van der Waals surface area contributed by atoms with Gasteiger partial charge in [0, 0.05) is 19.5 Å². The fraction of sp³-hybridized carbons (Fsp3) is 0.909. The number of rotatable bonds is 4. The highest BCUT2D eigenvalue weighted by Gasteiger charge is 2.22. The number of aliphatic hydroxyl groups excluding tert-OH is 2. The molecular formula is C11H21NO3. The SMILES string of the molecule is CCC1CCC(=O)N(CC(O)CO)CC1. The highest BCUT2D eigenvalue weighted by Crippen LogP contribution is 2.20. The molecule has 2 unspecified atom stereocenters. The summed E-state index contributed by atoms with van der Waals surface area (Å²) in [5, 5.41) is 18.0. The van der Waals surface area contributed by atoms with Crippen LogP contribution in [0.25, 0.3) is 0 Å². The van der Waals surface area contributed by atoms with Crippen LogP contribution in [-0.4, -0.2) is 46.8 Å². The lowest BCUT2D eigenvalue weighted by molar-refractivity contribution is -0.132. The van der Waals surface area contributed by atoms with Crippen molar-refractivity contribution in [3.8, 4) is 0 Å². The van der Waals surface area contributed by atoms with Crippen LogP contribution in [0.5, 0.6) is 0 Å². The number of nitrogens with zero attached hydrogens (tertiary/aromatic N) is 1. The van der Waals surface area contributed by atoms with E-state index in [4.69, 9.17) is 5.11 Å². The van der Waals surface area contributed by atoms with Gasteiger partial charge in [-0.05, 0) is 18.8 Å². The van der Waals surface area contributed by atoms with Crippen LogP contribution in [0, 0.1) is 5.92 Å². The lowest BCUT2D eigenvalue weighted by Crippen LogP contribution is -2.38. The molecule has 0 aliphatic carbocycles. The normalized spacial score (nSPS) is 25.1. The van der Waals surface area contributed by atoms with Crippen molar-refractivity contribution in [3.05, 3.63) is 0 Å². The van der Waals surface area contributed by atoms with Gasteiger partial charge in [0.15, 0.2) is 0 Å². The van der Waals surface area contributed by atoms with Crippen molar-refractivity contribution in [2.75, 3.05) is 19.7 Å². The number of amides is 1. The summed E-state index contributed by atoms with van der Waals surface area (Å²) in [6.07, 6.45) is 2.87. The van der Waals surface area contributed by atoms with Crippen LogP contribution < -0.4 is 0 Å². The first-order valence-corrected chi connectivity index (χ1v) is 5.74. The molecule has 0 spiro atoms. The molecule has 0 aromatic rings. The molecule has 1 fully saturated rings. The molecule has 1 saturated heterocycles. The van der Waals surface area contributed by atoms with Crippen LogP contribution in [0.4, 0.5) is 0 Å². The van der Waals surface area contributed by atoms with Gasteiger partial charge in [-0.25, -0.2) is 0 Å². The summed E-state index contributed by atoms with van der Waals surface area (Å²) in [4.78, 5) is 13.3. The zero-order chi connectivity index (χ0) is 11.3. The Bertz CT molecular complexity index is 208. The van der Waals surface area contributed by atoms with Gasteiger partial charge in [0.1, 0.15) is 0 Å². The zero-order valence-corrected chi connectivity index (χ0v) is 9.35. The summed E-state index contributed by atoms with van der Waals surface area (Å²) >= 11 is 0.